The predicted molar refractivity (Wildman–Crippen MR) is 171 cm³/mol. The van der Waals surface area contributed by atoms with Crippen LogP contribution in [-0.4, -0.2) is 9.97 Å². The molecule has 0 bridgehead atoms. The lowest BCUT2D eigenvalue weighted by Gasteiger charge is -2.13. The van der Waals surface area contributed by atoms with E-state index < -0.39 is 0 Å². The number of aromatic nitrogens is 2. The average molecular weight is 525 g/mol. The highest BCUT2D eigenvalue weighted by molar-refractivity contribution is 7.26. The molecule has 2 nitrogen and oxygen atoms in total. The molecule has 4 aromatic carbocycles. The maximum atomic E-state index is 5.20. The summed E-state index contributed by atoms with van der Waals surface area (Å²) in [6.45, 7) is 10.1. The Morgan fingerprint density at radius 1 is 0.744 bits per heavy atom. The van der Waals surface area contributed by atoms with E-state index in [-0.39, 0.29) is 0 Å². The van der Waals surface area contributed by atoms with Crippen LogP contribution in [0.1, 0.15) is 32.8 Å². The fourth-order valence-electron chi connectivity index (χ4n) is 4.81. The van der Waals surface area contributed by atoms with E-state index in [0.717, 1.165) is 44.8 Å². The summed E-state index contributed by atoms with van der Waals surface area (Å²) in [7, 11) is 0. The van der Waals surface area contributed by atoms with E-state index in [1.165, 1.54) is 26.8 Å². The molecule has 0 aliphatic heterocycles. The van der Waals surface area contributed by atoms with Crippen LogP contribution < -0.4 is 0 Å². The number of rotatable bonds is 6. The molecule has 0 spiro atoms. The third-order valence-corrected chi connectivity index (χ3v) is 7.80. The summed E-state index contributed by atoms with van der Waals surface area (Å²) in [5.74, 6) is 0.739. The Bertz CT molecular complexity index is 1760. The van der Waals surface area contributed by atoms with Gasteiger partial charge in [0.2, 0.25) is 0 Å². The van der Waals surface area contributed by atoms with E-state index in [9.17, 15) is 0 Å². The van der Waals surface area contributed by atoms with Gasteiger partial charge in [0.1, 0.15) is 0 Å². The van der Waals surface area contributed by atoms with Crippen molar-refractivity contribution in [2.24, 2.45) is 0 Å². The molecule has 0 aliphatic carbocycles. The summed E-state index contributed by atoms with van der Waals surface area (Å²) in [4.78, 5) is 10.4. The minimum Gasteiger partial charge on any atom is -0.226 e. The summed E-state index contributed by atoms with van der Waals surface area (Å²) in [5, 5.41) is 1.17. The normalized spacial score (nSPS) is 11.3. The number of hydrogen-bond donors (Lipinski definition) is 0. The molecule has 0 atom stereocenters. The first-order valence-corrected chi connectivity index (χ1v) is 14.3. The number of benzene rings is 4. The highest BCUT2D eigenvalue weighted by Crippen LogP contribution is 2.40. The van der Waals surface area contributed by atoms with Crippen LogP contribution in [0.25, 0.3) is 59.6 Å². The van der Waals surface area contributed by atoms with E-state index in [0.29, 0.717) is 0 Å². The van der Waals surface area contributed by atoms with Crippen molar-refractivity contribution < 1.29 is 0 Å². The molecule has 192 valence electrons. The van der Waals surface area contributed by atoms with Crippen LogP contribution in [0.3, 0.4) is 0 Å². The highest BCUT2D eigenvalue weighted by atomic mass is 32.1. The van der Waals surface area contributed by atoms with Crippen LogP contribution in [0.15, 0.2) is 122 Å². The highest BCUT2D eigenvalue weighted by Gasteiger charge is 2.17. The number of thiophene rings is 1. The maximum absolute atomic E-state index is 5.20. The van der Waals surface area contributed by atoms with E-state index in [1.54, 1.807) is 11.3 Å². The van der Waals surface area contributed by atoms with Crippen molar-refractivity contribution in [3.8, 4) is 33.8 Å². The maximum Gasteiger partial charge on any atom is 0.160 e. The van der Waals surface area contributed by atoms with Crippen LogP contribution in [0.2, 0.25) is 0 Å². The molecule has 3 heteroatoms. The second-order valence-electron chi connectivity index (χ2n) is 8.98. The van der Waals surface area contributed by atoms with Crippen molar-refractivity contribution in [2.45, 2.75) is 27.2 Å². The zero-order chi connectivity index (χ0) is 27.2. The van der Waals surface area contributed by atoms with E-state index in [4.69, 9.17) is 9.97 Å². The molecular formula is C36H32N2S. The summed E-state index contributed by atoms with van der Waals surface area (Å²) in [6, 6.07) is 36.1. The minimum absolute atomic E-state index is 0.739. The zero-order valence-electron chi connectivity index (χ0n) is 22.7. The third kappa shape index (κ3) is 5.32. The van der Waals surface area contributed by atoms with Crippen LogP contribution in [0.4, 0.5) is 0 Å². The molecule has 0 aliphatic rings. The summed E-state index contributed by atoms with van der Waals surface area (Å²) >= 11 is 1.76. The van der Waals surface area contributed by atoms with Crippen molar-refractivity contribution in [3.63, 3.8) is 0 Å². The van der Waals surface area contributed by atoms with Gasteiger partial charge in [0, 0.05) is 21.2 Å². The van der Waals surface area contributed by atoms with Gasteiger partial charge in [-0.15, -0.1) is 11.3 Å². The molecule has 6 rings (SSSR count). The Labute approximate surface area is 235 Å². The number of nitrogens with zero attached hydrogens (tertiary/aromatic N) is 2. The van der Waals surface area contributed by atoms with Gasteiger partial charge in [0.05, 0.1) is 15.9 Å². The second kappa shape index (κ2) is 12.0. The molecule has 0 saturated carbocycles. The van der Waals surface area contributed by atoms with Crippen molar-refractivity contribution in [2.75, 3.05) is 0 Å². The predicted octanol–water partition coefficient (Wildman–Crippen LogP) is 10.9. The first-order valence-electron chi connectivity index (χ1n) is 13.5. The number of hydrogen-bond acceptors (Lipinski definition) is 3. The minimum atomic E-state index is 0.739. The molecule has 2 aromatic heterocycles. The molecule has 0 unspecified atom stereocenters. The fraction of sp³-hybridized carbons (Fsp3) is 0.111. The van der Waals surface area contributed by atoms with Gasteiger partial charge in [0.25, 0.3) is 0 Å². The molecular weight excluding hydrogens is 492 g/mol. The number of fused-ring (bicyclic) bond motifs is 3. The topological polar surface area (TPSA) is 25.8 Å². The summed E-state index contributed by atoms with van der Waals surface area (Å²) in [5.41, 5.74) is 8.82. The Kier molecular flexibility index (Phi) is 8.10. The SMILES string of the molecule is C=C/C=C(\CC)c1cc(-c2ccccc2)cc(-c2nc(-c3ccccc3)c3sc4ccccc4c3n2)c1.CC. The molecule has 0 amide bonds. The Hall–Kier alpha value is -4.34. The van der Waals surface area contributed by atoms with E-state index in [1.807, 2.05) is 32.1 Å². The second-order valence-corrected chi connectivity index (χ2v) is 10.0. The van der Waals surface area contributed by atoms with Gasteiger partial charge in [-0.05, 0) is 52.9 Å². The quantitative estimate of drug-likeness (QED) is 0.202. The molecule has 6 aromatic rings. The van der Waals surface area contributed by atoms with Gasteiger partial charge in [-0.2, -0.15) is 0 Å². The standard InChI is InChI=1S/C34H26N2S.C2H6/c1-3-13-23(4-2)26-20-27(24-14-7-5-8-15-24)22-28(21-26)34-35-31(25-16-9-6-10-17-25)33-32(36-34)29-18-11-12-19-30(29)37-33;1-2/h3,5-22H,1,4H2,2H3;1-2H3/b23-13+;. The van der Waals surface area contributed by atoms with Crippen molar-refractivity contribution >= 4 is 37.2 Å². The van der Waals surface area contributed by atoms with Gasteiger partial charge in [-0.1, -0.05) is 118 Å². The Balaban J connectivity index is 0.00000151. The first kappa shape index (κ1) is 26.3. The molecule has 2 heterocycles. The van der Waals surface area contributed by atoms with Gasteiger partial charge in [-0.3, -0.25) is 0 Å². The monoisotopic (exact) mass is 524 g/mol. The average Bonchev–Trinajstić information content (AvgIpc) is 3.40. The fourth-order valence-corrected chi connectivity index (χ4v) is 5.97. The lowest BCUT2D eigenvalue weighted by atomic mass is 9.94. The molecule has 0 saturated heterocycles. The van der Waals surface area contributed by atoms with Gasteiger partial charge >= 0.3 is 0 Å². The molecule has 39 heavy (non-hydrogen) atoms. The van der Waals surface area contributed by atoms with Crippen LogP contribution in [-0.2, 0) is 0 Å². The van der Waals surface area contributed by atoms with Crippen molar-refractivity contribution in [1.82, 2.24) is 9.97 Å². The number of allylic oxidation sites excluding steroid dienone is 3. The Morgan fingerprint density at radius 2 is 1.38 bits per heavy atom. The summed E-state index contributed by atoms with van der Waals surface area (Å²) in [6.07, 6.45) is 4.87. The van der Waals surface area contributed by atoms with Crippen LogP contribution in [0, 0.1) is 0 Å². The lowest BCUT2D eigenvalue weighted by Crippen LogP contribution is -1.95. The van der Waals surface area contributed by atoms with Crippen LogP contribution >= 0.6 is 11.3 Å². The zero-order valence-corrected chi connectivity index (χ0v) is 23.5. The van der Waals surface area contributed by atoms with E-state index >= 15 is 0 Å². The van der Waals surface area contributed by atoms with Crippen molar-refractivity contribution in [3.05, 3.63) is 127 Å². The summed E-state index contributed by atoms with van der Waals surface area (Å²) < 4.78 is 2.35. The third-order valence-electron chi connectivity index (χ3n) is 6.64. The van der Waals surface area contributed by atoms with Gasteiger partial charge in [-0.25, -0.2) is 9.97 Å². The smallest absolute Gasteiger partial charge is 0.160 e. The molecule has 0 N–H and O–H groups in total. The lowest BCUT2D eigenvalue weighted by molar-refractivity contribution is 1.22. The molecule has 0 radical (unpaired) electrons. The first-order chi connectivity index (χ1) is 19.2. The van der Waals surface area contributed by atoms with E-state index in [2.05, 4.69) is 111 Å². The van der Waals surface area contributed by atoms with Crippen molar-refractivity contribution in [1.29, 1.82) is 0 Å². The Morgan fingerprint density at radius 3 is 2.08 bits per heavy atom. The molecule has 0 fully saturated rings. The van der Waals surface area contributed by atoms with Gasteiger partial charge < -0.3 is 0 Å². The largest absolute Gasteiger partial charge is 0.226 e. The van der Waals surface area contributed by atoms with Gasteiger partial charge in [0.15, 0.2) is 5.82 Å². The van der Waals surface area contributed by atoms with Crippen LogP contribution in [0.5, 0.6) is 0 Å².